The van der Waals surface area contributed by atoms with E-state index < -0.39 is 11.9 Å². The van der Waals surface area contributed by atoms with Crippen LogP contribution >= 0.6 is 0 Å². The molecule has 3 aliphatic heterocycles. The molecule has 3 saturated heterocycles. The van der Waals surface area contributed by atoms with Crippen LogP contribution in [0.2, 0.25) is 0 Å². The van der Waals surface area contributed by atoms with Crippen LogP contribution in [-0.2, 0) is 28.5 Å². The minimum atomic E-state index is -1.28. The number of Topliss-reactive ketones (excluding diaryl/α,β-unsaturated/α-hetero) is 1. The molecular formula is C9H11O6Pr2-. The molecule has 0 aromatic rings. The molecule has 8 heteroatoms. The fraction of sp³-hybridized carbons (Fsp3) is 0.778. The van der Waals surface area contributed by atoms with Crippen molar-refractivity contribution in [1.29, 1.82) is 0 Å². The number of hydrogen-bond donors (Lipinski definition) is 0. The smallest absolute Gasteiger partial charge is 0.256 e. The summed E-state index contributed by atoms with van der Waals surface area (Å²) in [6, 6.07) is 0. The molecule has 0 bridgehead atoms. The number of carbonyl (C=O) groups excluding carboxylic acids is 1. The first kappa shape index (κ1) is 17.2. The monoisotopic (exact) mass is 497 g/mol. The van der Waals surface area contributed by atoms with Crippen LogP contribution in [0, 0.1) is 89.4 Å². The van der Waals surface area contributed by atoms with E-state index in [0.717, 1.165) is 0 Å². The Morgan fingerprint density at radius 1 is 1.18 bits per heavy atom. The van der Waals surface area contributed by atoms with Gasteiger partial charge in [0.25, 0.3) is 5.79 Å². The Morgan fingerprint density at radius 2 is 2.00 bits per heavy atom. The largest absolute Gasteiger partial charge is 0.519 e. The molecule has 90 valence electrons. The van der Waals surface area contributed by atoms with E-state index in [1.165, 1.54) is 6.79 Å². The van der Waals surface area contributed by atoms with Crippen LogP contribution in [0.1, 0.15) is 0 Å². The second-order valence-corrected chi connectivity index (χ2v) is 3.66. The summed E-state index contributed by atoms with van der Waals surface area (Å²) in [5, 5.41) is 0. The maximum absolute atomic E-state index is 12.0. The zero-order valence-corrected chi connectivity index (χ0v) is 16.6. The van der Waals surface area contributed by atoms with Crippen LogP contribution in [0.4, 0.5) is 0 Å². The second kappa shape index (κ2) is 7.28. The first-order valence-electron chi connectivity index (χ1n) is 4.84. The third-order valence-electron chi connectivity index (χ3n) is 2.74. The molecule has 0 N–H and O–H groups in total. The van der Waals surface area contributed by atoms with Crippen LogP contribution in [0.25, 0.3) is 0 Å². The number of carbonyl (C=O) groups is 1. The van der Waals surface area contributed by atoms with Crippen LogP contribution < -0.4 is 0 Å². The number of fused-ring (bicyclic) bond motifs is 1. The van der Waals surface area contributed by atoms with Gasteiger partial charge in [0.2, 0.25) is 5.78 Å². The Morgan fingerprint density at radius 3 is 2.71 bits per heavy atom. The SMILES string of the molecule is O=C1[C@@H]2O[CH-]O[C@@H]2CO[C@]12COCCO2.[Pr].[Pr]. The molecule has 0 saturated carbocycles. The summed E-state index contributed by atoms with van der Waals surface area (Å²) in [4.78, 5) is 12.0. The summed E-state index contributed by atoms with van der Waals surface area (Å²) < 4.78 is 26.2. The third kappa shape index (κ3) is 3.27. The Balaban J connectivity index is 0.000000722. The second-order valence-electron chi connectivity index (χ2n) is 3.66. The summed E-state index contributed by atoms with van der Waals surface area (Å²) in [7, 11) is 0. The van der Waals surface area contributed by atoms with Gasteiger partial charge >= 0.3 is 0 Å². The van der Waals surface area contributed by atoms with Gasteiger partial charge in [-0.1, -0.05) is 6.79 Å². The van der Waals surface area contributed by atoms with Gasteiger partial charge in [-0.25, -0.2) is 0 Å². The van der Waals surface area contributed by atoms with E-state index in [4.69, 9.17) is 23.7 Å². The van der Waals surface area contributed by atoms with Gasteiger partial charge in [-0.05, 0) is 0 Å². The molecule has 3 rings (SSSR count). The maximum Gasteiger partial charge on any atom is 0.256 e. The molecular weight excluding hydrogens is 486 g/mol. The Kier molecular flexibility index (Phi) is 7.38. The van der Waals surface area contributed by atoms with Crippen LogP contribution in [-0.4, -0.2) is 50.2 Å². The molecule has 0 aromatic heterocycles. The summed E-state index contributed by atoms with van der Waals surface area (Å²) in [6.07, 6.45) is -0.978. The Hall–Kier alpha value is 2.20. The topological polar surface area (TPSA) is 63.2 Å². The third-order valence-corrected chi connectivity index (χ3v) is 2.74. The number of rotatable bonds is 0. The van der Waals surface area contributed by atoms with Gasteiger partial charge < -0.3 is 23.7 Å². The average molecular weight is 497 g/mol. The van der Waals surface area contributed by atoms with E-state index in [1.807, 2.05) is 0 Å². The zero-order valence-electron chi connectivity index (χ0n) is 9.16. The van der Waals surface area contributed by atoms with Crippen molar-refractivity contribution in [3.8, 4) is 0 Å². The van der Waals surface area contributed by atoms with E-state index >= 15 is 0 Å². The van der Waals surface area contributed by atoms with Crippen molar-refractivity contribution < 1.29 is 111 Å². The van der Waals surface area contributed by atoms with Crippen molar-refractivity contribution in [1.82, 2.24) is 0 Å². The minimum Gasteiger partial charge on any atom is -0.519 e. The van der Waals surface area contributed by atoms with Gasteiger partial charge in [-0.3, -0.25) is 4.79 Å². The van der Waals surface area contributed by atoms with Crippen molar-refractivity contribution in [3.63, 3.8) is 0 Å². The number of hydrogen-bond acceptors (Lipinski definition) is 6. The van der Waals surface area contributed by atoms with Gasteiger partial charge in [0.1, 0.15) is 12.7 Å². The van der Waals surface area contributed by atoms with Crippen LogP contribution in [0.15, 0.2) is 0 Å². The van der Waals surface area contributed by atoms with Crippen LogP contribution in [0.3, 0.4) is 0 Å². The Bertz CT molecular complexity index is 281. The standard InChI is InChI=1S/C9H11O6.2Pr/c10-8-7-6(12-5-13-7)3-15-9(8)4-11-1-2-14-9;;/h5-7H,1-4H2;;/q-1;;/t6-,7-,9-;;/m1../s1. The predicted octanol–water partition coefficient (Wildman–Crippen LogP) is -0.768. The molecule has 3 fully saturated rings. The summed E-state index contributed by atoms with van der Waals surface area (Å²) in [6.45, 7) is 2.41. The van der Waals surface area contributed by atoms with Crippen LogP contribution in [0.5, 0.6) is 0 Å². The molecule has 3 heterocycles. The molecule has 3 atom stereocenters. The maximum atomic E-state index is 12.0. The molecule has 0 aliphatic carbocycles. The molecule has 6 nitrogen and oxygen atoms in total. The summed E-state index contributed by atoms with van der Waals surface area (Å²) in [5.74, 6) is -1.53. The number of ketones is 1. The van der Waals surface area contributed by atoms with Crippen molar-refractivity contribution in [3.05, 3.63) is 6.79 Å². The zero-order chi connectivity index (χ0) is 10.3. The van der Waals surface area contributed by atoms with E-state index in [1.54, 1.807) is 0 Å². The first-order chi connectivity index (χ1) is 7.32. The van der Waals surface area contributed by atoms with E-state index in [2.05, 4.69) is 0 Å². The Labute approximate surface area is 165 Å². The quantitative estimate of drug-likeness (QED) is 0.411. The number of ether oxygens (including phenoxy) is 5. The molecule has 2 radical (unpaired) electrons. The van der Waals surface area contributed by atoms with Gasteiger partial charge in [-0.15, -0.1) is 0 Å². The molecule has 3 aliphatic rings. The van der Waals surface area contributed by atoms with E-state index in [9.17, 15) is 4.79 Å². The fourth-order valence-electron chi connectivity index (χ4n) is 1.92. The molecule has 0 aromatic carbocycles. The normalized spacial score (nSPS) is 40.4. The molecule has 17 heavy (non-hydrogen) atoms. The predicted molar refractivity (Wildman–Crippen MR) is 44.5 cm³/mol. The van der Waals surface area contributed by atoms with Crippen molar-refractivity contribution >= 4 is 5.78 Å². The van der Waals surface area contributed by atoms with Gasteiger partial charge in [0.15, 0.2) is 0 Å². The van der Waals surface area contributed by atoms with Gasteiger partial charge in [-0.2, -0.15) is 0 Å². The van der Waals surface area contributed by atoms with E-state index in [0.29, 0.717) is 13.2 Å². The van der Waals surface area contributed by atoms with Crippen molar-refractivity contribution in [2.75, 3.05) is 26.4 Å². The summed E-state index contributed by atoms with van der Waals surface area (Å²) >= 11 is 0. The van der Waals surface area contributed by atoms with Gasteiger partial charge in [0, 0.05) is 82.6 Å². The molecule has 1 spiro atoms. The first-order valence-corrected chi connectivity index (χ1v) is 4.84. The van der Waals surface area contributed by atoms with E-state index in [-0.39, 0.29) is 108 Å². The minimum absolute atomic E-state index is 0. The van der Waals surface area contributed by atoms with Crippen molar-refractivity contribution in [2.45, 2.75) is 18.0 Å². The summed E-state index contributed by atoms with van der Waals surface area (Å²) in [5.41, 5.74) is 0. The van der Waals surface area contributed by atoms with Crippen molar-refractivity contribution in [2.24, 2.45) is 0 Å². The average Bonchev–Trinajstić information content (AvgIpc) is 2.74. The molecule has 0 amide bonds. The molecule has 0 unspecified atom stereocenters. The fourth-order valence-corrected chi connectivity index (χ4v) is 1.92. The van der Waals surface area contributed by atoms with Gasteiger partial charge in [0.05, 0.1) is 25.9 Å².